The van der Waals surface area contributed by atoms with Crippen LogP contribution in [-0.2, 0) is 0 Å². The Hall–Kier alpha value is -1.59. The lowest BCUT2D eigenvalue weighted by atomic mass is 9.98. The maximum Gasteiger partial charge on any atom is 0.257 e. The fraction of sp³-hybridized carbons (Fsp3) is 0.467. The third-order valence-corrected chi connectivity index (χ3v) is 3.75. The molecule has 2 aromatic rings. The summed E-state index contributed by atoms with van der Waals surface area (Å²) < 4.78 is 5.34. The van der Waals surface area contributed by atoms with Crippen LogP contribution in [0.4, 0.5) is 5.82 Å². The number of piperidine rings is 1. The van der Waals surface area contributed by atoms with Gasteiger partial charge in [-0.15, -0.1) is 12.4 Å². The molecular formula is C15H21ClN4O. The first kappa shape index (κ1) is 15.8. The number of rotatable bonds is 4. The Labute approximate surface area is 130 Å². The number of para-hydroxylation sites is 2. The highest BCUT2D eigenvalue weighted by Crippen LogP contribution is 2.24. The predicted molar refractivity (Wildman–Crippen MR) is 87.4 cm³/mol. The van der Waals surface area contributed by atoms with Crippen LogP contribution in [0, 0.1) is 5.92 Å². The zero-order valence-electron chi connectivity index (χ0n) is 12.1. The minimum absolute atomic E-state index is 0. The number of aromatic nitrogens is 2. The van der Waals surface area contributed by atoms with E-state index >= 15 is 0 Å². The van der Waals surface area contributed by atoms with Crippen molar-refractivity contribution in [1.82, 2.24) is 15.3 Å². The molecule has 2 N–H and O–H groups in total. The van der Waals surface area contributed by atoms with Crippen molar-refractivity contribution in [2.75, 3.05) is 32.1 Å². The van der Waals surface area contributed by atoms with E-state index in [2.05, 4.69) is 20.6 Å². The molecule has 1 aliphatic heterocycles. The van der Waals surface area contributed by atoms with E-state index in [0.717, 1.165) is 36.5 Å². The number of methoxy groups -OCH3 is 1. The number of nitrogens with one attached hydrogen (secondary N) is 2. The molecule has 0 aliphatic carbocycles. The number of hydrogen-bond donors (Lipinski definition) is 2. The van der Waals surface area contributed by atoms with Gasteiger partial charge in [0.1, 0.15) is 0 Å². The molecule has 1 aliphatic rings. The minimum Gasteiger partial charge on any atom is -0.478 e. The molecule has 0 unspecified atom stereocenters. The number of halogens is 1. The van der Waals surface area contributed by atoms with Crippen LogP contribution >= 0.6 is 12.4 Å². The molecule has 1 aromatic heterocycles. The van der Waals surface area contributed by atoms with Gasteiger partial charge < -0.3 is 15.4 Å². The first-order chi connectivity index (χ1) is 9.86. The van der Waals surface area contributed by atoms with E-state index in [1.165, 1.54) is 12.8 Å². The lowest BCUT2D eigenvalue weighted by molar-refractivity contribution is 0.384. The zero-order chi connectivity index (χ0) is 13.8. The Kier molecular flexibility index (Phi) is 5.59. The van der Waals surface area contributed by atoms with Crippen LogP contribution in [0.2, 0.25) is 0 Å². The molecular weight excluding hydrogens is 288 g/mol. The van der Waals surface area contributed by atoms with Crippen molar-refractivity contribution in [1.29, 1.82) is 0 Å². The second kappa shape index (κ2) is 7.43. The highest BCUT2D eigenvalue weighted by atomic mass is 35.5. The van der Waals surface area contributed by atoms with Crippen molar-refractivity contribution in [3.8, 4) is 5.88 Å². The number of fused-ring (bicyclic) bond motifs is 1. The predicted octanol–water partition coefficient (Wildman–Crippen LogP) is 2.47. The van der Waals surface area contributed by atoms with Crippen molar-refractivity contribution in [3.05, 3.63) is 24.3 Å². The van der Waals surface area contributed by atoms with Gasteiger partial charge in [0.05, 0.1) is 18.1 Å². The molecule has 1 aromatic carbocycles. The van der Waals surface area contributed by atoms with Gasteiger partial charge in [0.15, 0.2) is 5.82 Å². The van der Waals surface area contributed by atoms with Crippen LogP contribution < -0.4 is 15.4 Å². The Morgan fingerprint density at radius 1 is 1.19 bits per heavy atom. The van der Waals surface area contributed by atoms with Crippen LogP contribution in [0.25, 0.3) is 11.0 Å². The van der Waals surface area contributed by atoms with Gasteiger partial charge in [-0.25, -0.2) is 9.97 Å². The van der Waals surface area contributed by atoms with Crippen LogP contribution in [0.3, 0.4) is 0 Å². The standard InChI is InChI=1S/C15H20N4O.ClH/c1-20-15-14(17-10-11-6-8-16-9-7-11)18-12-4-2-3-5-13(12)19-15;/h2-5,11,16H,6-10H2,1H3,(H,17,18);1H. The van der Waals surface area contributed by atoms with Crippen LogP contribution in [-0.4, -0.2) is 36.7 Å². The summed E-state index contributed by atoms with van der Waals surface area (Å²) in [7, 11) is 1.63. The van der Waals surface area contributed by atoms with Crippen molar-refractivity contribution in [2.45, 2.75) is 12.8 Å². The zero-order valence-corrected chi connectivity index (χ0v) is 12.9. The summed E-state index contributed by atoms with van der Waals surface area (Å²) in [5.41, 5.74) is 1.75. The molecule has 0 radical (unpaired) electrons. The largest absolute Gasteiger partial charge is 0.478 e. The monoisotopic (exact) mass is 308 g/mol. The van der Waals surface area contributed by atoms with E-state index < -0.39 is 0 Å². The number of ether oxygens (including phenoxy) is 1. The maximum atomic E-state index is 5.34. The van der Waals surface area contributed by atoms with Crippen LogP contribution in [0.5, 0.6) is 5.88 Å². The number of anilines is 1. The van der Waals surface area contributed by atoms with Crippen molar-refractivity contribution in [2.24, 2.45) is 5.92 Å². The molecule has 3 rings (SSSR count). The Morgan fingerprint density at radius 3 is 2.52 bits per heavy atom. The fourth-order valence-corrected chi connectivity index (χ4v) is 2.57. The lowest BCUT2D eigenvalue weighted by Crippen LogP contribution is -2.31. The summed E-state index contributed by atoms with van der Waals surface area (Å²) in [6, 6.07) is 7.84. The molecule has 114 valence electrons. The van der Waals surface area contributed by atoms with E-state index in [0.29, 0.717) is 11.8 Å². The Balaban J connectivity index is 0.00000161. The third kappa shape index (κ3) is 3.74. The summed E-state index contributed by atoms with van der Waals surface area (Å²) in [4.78, 5) is 9.11. The van der Waals surface area contributed by atoms with E-state index in [-0.39, 0.29) is 12.4 Å². The summed E-state index contributed by atoms with van der Waals surface area (Å²) in [6.07, 6.45) is 2.41. The molecule has 2 heterocycles. The number of nitrogens with zero attached hydrogens (tertiary/aromatic N) is 2. The third-order valence-electron chi connectivity index (χ3n) is 3.75. The molecule has 5 nitrogen and oxygen atoms in total. The first-order valence-electron chi connectivity index (χ1n) is 7.12. The Morgan fingerprint density at radius 2 is 1.86 bits per heavy atom. The minimum atomic E-state index is 0. The average molecular weight is 309 g/mol. The average Bonchev–Trinajstić information content (AvgIpc) is 2.53. The second-order valence-corrected chi connectivity index (χ2v) is 5.14. The summed E-state index contributed by atoms with van der Waals surface area (Å²) in [5.74, 6) is 2.00. The van der Waals surface area contributed by atoms with E-state index in [9.17, 15) is 0 Å². The van der Waals surface area contributed by atoms with Gasteiger partial charge in [0, 0.05) is 6.54 Å². The van der Waals surface area contributed by atoms with Gasteiger partial charge >= 0.3 is 0 Å². The number of hydrogen-bond acceptors (Lipinski definition) is 5. The first-order valence-corrected chi connectivity index (χ1v) is 7.12. The smallest absolute Gasteiger partial charge is 0.257 e. The molecule has 1 fully saturated rings. The topological polar surface area (TPSA) is 59.1 Å². The molecule has 0 atom stereocenters. The maximum absolute atomic E-state index is 5.34. The fourth-order valence-electron chi connectivity index (χ4n) is 2.57. The van der Waals surface area contributed by atoms with Gasteiger partial charge in [-0.1, -0.05) is 12.1 Å². The summed E-state index contributed by atoms with van der Waals surface area (Å²) in [5, 5.41) is 6.78. The molecule has 0 amide bonds. The summed E-state index contributed by atoms with van der Waals surface area (Å²) in [6.45, 7) is 3.13. The number of benzene rings is 1. The van der Waals surface area contributed by atoms with E-state index in [1.54, 1.807) is 7.11 Å². The van der Waals surface area contributed by atoms with Gasteiger partial charge in [0.25, 0.3) is 5.88 Å². The van der Waals surface area contributed by atoms with Crippen LogP contribution in [0.1, 0.15) is 12.8 Å². The van der Waals surface area contributed by atoms with E-state index in [1.807, 2.05) is 24.3 Å². The van der Waals surface area contributed by atoms with Gasteiger partial charge in [-0.3, -0.25) is 0 Å². The van der Waals surface area contributed by atoms with E-state index in [4.69, 9.17) is 4.74 Å². The van der Waals surface area contributed by atoms with Gasteiger partial charge in [-0.2, -0.15) is 0 Å². The molecule has 1 saturated heterocycles. The lowest BCUT2D eigenvalue weighted by Gasteiger charge is -2.23. The molecule has 0 saturated carbocycles. The molecule has 0 bridgehead atoms. The molecule has 21 heavy (non-hydrogen) atoms. The Bertz CT molecular complexity index is 587. The SMILES string of the molecule is COc1nc2ccccc2nc1NCC1CCNCC1.Cl. The second-order valence-electron chi connectivity index (χ2n) is 5.14. The summed E-state index contributed by atoms with van der Waals surface area (Å²) >= 11 is 0. The van der Waals surface area contributed by atoms with Crippen molar-refractivity contribution < 1.29 is 4.74 Å². The van der Waals surface area contributed by atoms with Gasteiger partial charge in [0.2, 0.25) is 0 Å². The normalized spacial score (nSPS) is 15.5. The van der Waals surface area contributed by atoms with Crippen LogP contribution in [0.15, 0.2) is 24.3 Å². The highest BCUT2D eigenvalue weighted by Gasteiger charge is 2.15. The highest BCUT2D eigenvalue weighted by molar-refractivity contribution is 5.85. The van der Waals surface area contributed by atoms with Crippen molar-refractivity contribution >= 4 is 29.3 Å². The quantitative estimate of drug-likeness (QED) is 0.908. The van der Waals surface area contributed by atoms with Gasteiger partial charge in [-0.05, 0) is 44.0 Å². The molecule has 0 spiro atoms. The van der Waals surface area contributed by atoms with Crippen molar-refractivity contribution in [3.63, 3.8) is 0 Å². The molecule has 6 heteroatoms.